The average Bonchev–Trinajstić information content (AvgIpc) is 2.89. The second-order valence-corrected chi connectivity index (χ2v) is 11.3. The van der Waals surface area contributed by atoms with Crippen LogP contribution in [0, 0.1) is 0 Å². The van der Waals surface area contributed by atoms with Gasteiger partial charge in [-0.25, -0.2) is 16.8 Å². The van der Waals surface area contributed by atoms with Gasteiger partial charge in [0.1, 0.15) is 6.54 Å². The number of sulfone groups is 1. The van der Waals surface area contributed by atoms with Gasteiger partial charge >= 0.3 is 5.97 Å². The number of nitrogens with zero attached hydrogens (tertiary/aromatic N) is 1. The molecule has 8 nitrogen and oxygen atoms in total. The van der Waals surface area contributed by atoms with E-state index in [1.54, 1.807) is 47.2 Å². The van der Waals surface area contributed by atoms with Gasteiger partial charge in [-0.15, -0.1) is 0 Å². The predicted molar refractivity (Wildman–Crippen MR) is 112 cm³/mol. The highest BCUT2D eigenvalue weighted by Gasteiger charge is 2.15. The van der Waals surface area contributed by atoms with Crippen LogP contribution >= 0.6 is 11.8 Å². The normalized spacial score (nSPS) is 12.2. The van der Waals surface area contributed by atoms with E-state index in [2.05, 4.69) is 4.72 Å². The number of rotatable bonds is 7. The van der Waals surface area contributed by atoms with E-state index < -0.39 is 25.8 Å². The van der Waals surface area contributed by atoms with Gasteiger partial charge in [-0.2, -0.15) is 0 Å². The summed E-state index contributed by atoms with van der Waals surface area (Å²) < 4.78 is 50.6. The molecular weight excluding hydrogens is 436 g/mol. The van der Waals surface area contributed by atoms with Gasteiger partial charge in [-0.05, 0) is 36.4 Å². The molecule has 3 aromatic rings. The van der Waals surface area contributed by atoms with Crippen LogP contribution in [-0.2, 0) is 31.2 Å². The molecule has 0 fully saturated rings. The van der Waals surface area contributed by atoms with Crippen molar-refractivity contribution in [3.63, 3.8) is 0 Å². The smallest absolute Gasteiger partial charge is 0.323 e. The number of hydrogen-bond donors (Lipinski definition) is 2. The van der Waals surface area contributed by atoms with Gasteiger partial charge in [-0.3, -0.25) is 9.52 Å². The van der Waals surface area contributed by atoms with Crippen molar-refractivity contribution in [2.75, 3.05) is 17.2 Å². The minimum absolute atomic E-state index is 0.177. The van der Waals surface area contributed by atoms with Crippen LogP contribution in [0.1, 0.15) is 0 Å². The fourth-order valence-electron chi connectivity index (χ4n) is 2.80. The first kappa shape index (κ1) is 21.2. The zero-order chi connectivity index (χ0) is 21.4. The summed E-state index contributed by atoms with van der Waals surface area (Å²) in [7, 11) is -6.85. The van der Waals surface area contributed by atoms with E-state index in [0.29, 0.717) is 26.4 Å². The third kappa shape index (κ3) is 5.31. The maximum absolute atomic E-state index is 11.8. The Balaban J connectivity index is 2.10. The lowest BCUT2D eigenvalue weighted by Crippen LogP contribution is -2.09. The number of carboxylic acids is 1. The van der Waals surface area contributed by atoms with Crippen molar-refractivity contribution in [3.8, 4) is 0 Å². The lowest BCUT2D eigenvalue weighted by molar-refractivity contribution is -0.137. The Morgan fingerprint density at radius 3 is 2.45 bits per heavy atom. The number of nitrogens with one attached hydrogen (secondary N) is 1. The molecule has 0 saturated carbocycles. The molecule has 2 N–H and O–H groups in total. The van der Waals surface area contributed by atoms with Crippen LogP contribution in [0.3, 0.4) is 0 Å². The van der Waals surface area contributed by atoms with E-state index in [9.17, 15) is 26.7 Å². The molecule has 11 heteroatoms. The summed E-state index contributed by atoms with van der Waals surface area (Å²) in [5.41, 5.74) is 0.966. The van der Waals surface area contributed by atoms with Gasteiger partial charge < -0.3 is 9.67 Å². The van der Waals surface area contributed by atoms with E-state index >= 15 is 0 Å². The van der Waals surface area contributed by atoms with Crippen LogP contribution < -0.4 is 4.72 Å². The molecule has 3 rings (SSSR count). The average molecular weight is 455 g/mol. The van der Waals surface area contributed by atoms with Crippen LogP contribution in [0.15, 0.2) is 63.3 Å². The van der Waals surface area contributed by atoms with Crippen molar-refractivity contribution in [1.82, 2.24) is 4.57 Å². The third-order valence-electron chi connectivity index (χ3n) is 3.91. The summed E-state index contributed by atoms with van der Waals surface area (Å²) in [6.45, 7) is -0.265. The van der Waals surface area contributed by atoms with E-state index in [1.165, 1.54) is 17.8 Å². The third-order valence-corrected chi connectivity index (χ3v) is 6.67. The van der Waals surface area contributed by atoms with Crippen LogP contribution in [0.5, 0.6) is 0 Å². The largest absolute Gasteiger partial charge is 0.480 e. The van der Waals surface area contributed by atoms with E-state index in [1.807, 2.05) is 0 Å². The summed E-state index contributed by atoms with van der Waals surface area (Å²) in [5.74, 6) is -1.02. The fraction of sp³-hybridized carbons (Fsp3) is 0.167. The van der Waals surface area contributed by atoms with Crippen molar-refractivity contribution in [1.29, 1.82) is 0 Å². The van der Waals surface area contributed by atoms with E-state index in [4.69, 9.17) is 0 Å². The molecule has 0 radical (unpaired) electrons. The Hall–Kier alpha value is -2.50. The summed E-state index contributed by atoms with van der Waals surface area (Å²) in [5, 5.41) is 9.82. The van der Waals surface area contributed by atoms with Gasteiger partial charge in [0.05, 0.1) is 11.2 Å². The molecule has 29 heavy (non-hydrogen) atoms. The van der Waals surface area contributed by atoms with Gasteiger partial charge in [0.25, 0.3) is 0 Å². The molecule has 0 saturated heterocycles. The number of aliphatic carboxylic acids is 1. The van der Waals surface area contributed by atoms with Crippen molar-refractivity contribution < 1.29 is 26.7 Å². The molecule has 154 valence electrons. The number of fused-ring (bicyclic) bond motifs is 1. The fourth-order valence-corrected chi connectivity index (χ4v) is 5.13. The second-order valence-electron chi connectivity index (χ2n) is 6.47. The molecule has 1 aromatic heterocycles. The highest BCUT2D eigenvalue weighted by atomic mass is 32.2. The zero-order valence-electron chi connectivity index (χ0n) is 15.5. The molecule has 2 aromatic carbocycles. The number of sulfonamides is 1. The van der Waals surface area contributed by atoms with Gasteiger partial charge in [0.15, 0.2) is 9.84 Å². The number of anilines is 1. The zero-order valence-corrected chi connectivity index (χ0v) is 17.9. The molecule has 0 bridgehead atoms. The van der Waals surface area contributed by atoms with Crippen molar-refractivity contribution in [2.45, 2.75) is 21.2 Å². The minimum Gasteiger partial charge on any atom is -0.480 e. The van der Waals surface area contributed by atoms with E-state index in [0.717, 1.165) is 12.5 Å². The summed E-state index contributed by atoms with van der Waals surface area (Å²) in [4.78, 5) is 12.7. The Bertz CT molecular complexity index is 1310. The summed E-state index contributed by atoms with van der Waals surface area (Å²) >= 11 is 1.27. The molecule has 0 aliphatic heterocycles. The van der Waals surface area contributed by atoms with Crippen molar-refractivity contribution >= 4 is 54.2 Å². The molecule has 0 atom stereocenters. The lowest BCUT2D eigenvalue weighted by Gasteiger charge is -2.06. The number of hydrogen-bond acceptors (Lipinski definition) is 6. The van der Waals surface area contributed by atoms with Crippen LogP contribution in [0.2, 0.25) is 0 Å². The molecule has 0 aliphatic rings. The van der Waals surface area contributed by atoms with Crippen LogP contribution in [-0.4, -0.2) is 45.0 Å². The number of aromatic nitrogens is 1. The first-order chi connectivity index (χ1) is 13.4. The standard InChI is InChI=1S/C18H18N2O6S3/c1-28(23,24)14-5-3-4-13(9-14)27-17-10-20(11-18(21)22)16-7-6-12(8-15(16)17)19-29(2,25)26/h3-10,19H,11H2,1-2H3,(H,21,22). The molecule has 0 aliphatic carbocycles. The number of carbonyl (C=O) groups is 1. The Kier molecular flexibility index (Phi) is 5.65. The molecule has 0 unspecified atom stereocenters. The quantitative estimate of drug-likeness (QED) is 0.563. The Morgan fingerprint density at radius 2 is 1.83 bits per heavy atom. The number of carboxylic acid groups (broad SMARTS) is 1. The maximum atomic E-state index is 11.8. The SMILES string of the molecule is CS(=O)(=O)Nc1ccc2c(c1)c(Sc1cccc(S(C)(=O)=O)c1)cn2CC(=O)O. The molecular formula is C18H18N2O6S3. The predicted octanol–water partition coefficient (Wildman–Crippen LogP) is 2.65. The molecule has 1 heterocycles. The molecule has 0 amide bonds. The van der Waals surface area contributed by atoms with Crippen molar-refractivity contribution in [3.05, 3.63) is 48.7 Å². The first-order valence-electron chi connectivity index (χ1n) is 8.23. The van der Waals surface area contributed by atoms with Gasteiger partial charge in [0.2, 0.25) is 10.0 Å². The summed E-state index contributed by atoms with van der Waals surface area (Å²) in [6.07, 6.45) is 3.82. The van der Waals surface area contributed by atoms with Crippen LogP contribution in [0.25, 0.3) is 10.9 Å². The highest BCUT2D eigenvalue weighted by Crippen LogP contribution is 2.37. The maximum Gasteiger partial charge on any atom is 0.323 e. The Labute approximate surface area is 172 Å². The first-order valence-corrected chi connectivity index (χ1v) is 12.8. The van der Waals surface area contributed by atoms with Gasteiger partial charge in [0, 0.05) is 38.8 Å². The van der Waals surface area contributed by atoms with Gasteiger partial charge in [-0.1, -0.05) is 17.8 Å². The highest BCUT2D eigenvalue weighted by molar-refractivity contribution is 7.99. The lowest BCUT2D eigenvalue weighted by atomic mass is 10.2. The number of benzene rings is 2. The second kappa shape index (κ2) is 7.73. The van der Waals surface area contributed by atoms with Crippen LogP contribution in [0.4, 0.5) is 5.69 Å². The minimum atomic E-state index is -3.48. The Morgan fingerprint density at radius 1 is 1.10 bits per heavy atom. The monoisotopic (exact) mass is 454 g/mol. The molecule has 0 spiro atoms. The topological polar surface area (TPSA) is 123 Å². The summed E-state index contributed by atoms with van der Waals surface area (Å²) in [6, 6.07) is 11.2. The van der Waals surface area contributed by atoms with E-state index in [-0.39, 0.29) is 11.4 Å². The van der Waals surface area contributed by atoms with Crippen molar-refractivity contribution in [2.24, 2.45) is 0 Å².